The molecule has 0 unspecified atom stereocenters. The van der Waals surface area contributed by atoms with Crippen LogP contribution in [0.25, 0.3) is 11.5 Å². The van der Waals surface area contributed by atoms with Gasteiger partial charge in [0.2, 0.25) is 0 Å². The van der Waals surface area contributed by atoms with Crippen LogP contribution in [-0.2, 0) is 17.8 Å². The van der Waals surface area contributed by atoms with E-state index in [-0.39, 0.29) is 5.91 Å². The molecule has 164 valence electrons. The van der Waals surface area contributed by atoms with Crippen LogP contribution in [0.3, 0.4) is 0 Å². The van der Waals surface area contributed by atoms with Crippen molar-refractivity contribution in [3.8, 4) is 11.5 Å². The second kappa shape index (κ2) is 9.45. The molecule has 0 radical (unpaired) electrons. The van der Waals surface area contributed by atoms with E-state index in [4.69, 9.17) is 8.83 Å². The van der Waals surface area contributed by atoms with Crippen LogP contribution in [0.15, 0.2) is 39.2 Å². The van der Waals surface area contributed by atoms with Gasteiger partial charge in [0.15, 0.2) is 13.1 Å². The topological polar surface area (TPSA) is 90.0 Å². The van der Waals surface area contributed by atoms with Crippen LogP contribution in [0.1, 0.15) is 29.9 Å². The molecular weight excluding hydrogens is 394 g/mol. The molecule has 4 rings (SSSR count). The standard InChI is InChI=1S/C23H29N5O3/c1-4-18-7-5-6-8-20(18)24-21(29)14-27-9-11-28(12-10-27)15-22-25-26-23(31-22)19-13-16(2)30-17(19)3/h5-8,13H,4,9-12,14-15H2,1-3H3,(H,24,29)/p+2. The quantitative estimate of drug-likeness (QED) is 0.511. The number of aryl methyl sites for hydroxylation is 3. The van der Waals surface area contributed by atoms with E-state index in [1.165, 1.54) is 15.4 Å². The van der Waals surface area contributed by atoms with E-state index in [1.54, 1.807) is 0 Å². The number of anilines is 1. The number of quaternary nitrogens is 2. The van der Waals surface area contributed by atoms with Crippen molar-refractivity contribution in [3.63, 3.8) is 0 Å². The minimum Gasteiger partial charge on any atom is -0.466 e. The van der Waals surface area contributed by atoms with Crippen molar-refractivity contribution in [2.45, 2.75) is 33.7 Å². The largest absolute Gasteiger partial charge is 0.466 e. The summed E-state index contributed by atoms with van der Waals surface area (Å²) in [6, 6.07) is 9.92. The fourth-order valence-corrected chi connectivity index (χ4v) is 4.17. The molecule has 0 aliphatic carbocycles. The van der Waals surface area contributed by atoms with Gasteiger partial charge in [0, 0.05) is 5.69 Å². The zero-order chi connectivity index (χ0) is 21.8. The molecule has 31 heavy (non-hydrogen) atoms. The zero-order valence-electron chi connectivity index (χ0n) is 18.5. The van der Waals surface area contributed by atoms with Gasteiger partial charge < -0.3 is 24.0 Å². The minimum absolute atomic E-state index is 0.0756. The number of carbonyl (C=O) groups excluding carboxylic acids is 1. The Balaban J connectivity index is 1.25. The Bertz CT molecular complexity index is 1030. The van der Waals surface area contributed by atoms with E-state index in [0.717, 1.165) is 55.4 Å². The summed E-state index contributed by atoms with van der Waals surface area (Å²) < 4.78 is 11.4. The van der Waals surface area contributed by atoms with Crippen LogP contribution in [0.4, 0.5) is 5.69 Å². The number of furan rings is 1. The van der Waals surface area contributed by atoms with Gasteiger partial charge in [-0.05, 0) is 38.0 Å². The number of nitrogens with zero attached hydrogens (tertiary/aromatic N) is 2. The molecule has 0 atom stereocenters. The van der Waals surface area contributed by atoms with Crippen LogP contribution in [0.2, 0.25) is 0 Å². The van der Waals surface area contributed by atoms with Crippen molar-refractivity contribution in [2.24, 2.45) is 0 Å². The molecule has 0 spiro atoms. The van der Waals surface area contributed by atoms with Crippen molar-refractivity contribution in [3.05, 3.63) is 53.3 Å². The zero-order valence-corrected chi connectivity index (χ0v) is 18.5. The molecule has 3 N–H and O–H groups in total. The third kappa shape index (κ3) is 5.21. The van der Waals surface area contributed by atoms with Crippen molar-refractivity contribution < 1.29 is 23.4 Å². The summed E-state index contributed by atoms with van der Waals surface area (Å²) in [4.78, 5) is 15.2. The van der Waals surface area contributed by atoms with E-state index < -0.39 is 0 Å². The van der Waals surface area contributed by atoms with Gasteiger partial charge in [-0.2, -0.15) is 0 Å². The van der Waals surface area contributed by atoms with E-state index in [1.807, 2.05) is 38.1 Å². The number of rotatable bonds is 7. The first-order valence-electron chi connectivity index (χ1n) is 11.0. The second-order valence-corrected chi connectivity index (χ2v) is 8.24. The Morgan fingerprint density at radius 1 is 1.06 bits per heavy atom. The first kappa shape index (κ1) is 21.3. The molecule has 1 aliphatic rings. The van der Waals surface area contributed by atoms with Gasteiger partial charge in [0.1, 0.15) is 37.7 Å². The van der Waals surface area contributed by atoms with Gasteiger partial charge in [-0.3, -0.25) is 4.79 Å². The number of nitrogens with one attached hydrogen (secondary N) is 3. The van der Waals surface area contributed by atoms with E-state index in [2.05, 4.69) is 28.5 Å². The van der Waals surface area contributed by atoms with Gasteiger partial charge in [-0.15, -0.1) is 10.2 Å². The first-order chi connectivity index (χ1) is 15.0. The molecule has 0 saturated carbocycles. The smallest absolute Gasteiger partial charge is 0.279 e. The molecule has 1 saturated heterocycles. The fourth-order valence-electron chi connectivity index (χ4n) is 4.17. The maximum atomic E-state index is 12.5. The Morgan fingerprint density at radius 2 is 1.81 bits per heavy atom. The Hall–Kier alpha value is -2.97. The Kier molecular flexibility index (Phi) is 6.48. The molecule has 8 nitrogen and oxygen atoms in total. The molecular formula is C23H31N5O3+2. The van der Waals surface area contributed by atoms with Gasteiger partial charge in [-0.25, -0.2) is 0 Å². The van der Waals surface area contributed by atoms with Crippen molar-refractivity contribution >= 4 is 11.6 Å². The van der Waals surface area contributed by atoms with Crippen LogP contribution in [0.5, 0.6) is 0 Å². The summed E-state index contributed by atoms with van der Waals surface area (Å²) in [6.45, 7) is 10.9. The molecule has 1 aliphatic heterocycles. The van der Waals surface area contributed by atoms with Gasteiger partial charge in [0.05, 0.1) is 5.56 Å². The molecule has 2 aromatic heterocycles. The highest BCUT2D eigenvalue weighted by Crippen LogP contribution is 2.25. The van der Waals surface area contributed by atoms with Crippen LogP contribution in [0, 0.1) is 13.8 Å². The average molecular weight is 426 g/mol. The summed E-state index contributed by atoms with van der Waals surface area (Å²) >= 11 is 0. The summed E-state index contributed by atoms with van der Waals surface area (Å²) in [6.07, 6.45) is 0.905. The van der Waals surface area contributed by atoms with Crippen molar-refractivity contribution in [2.75, 3.05) is 38.0 Å². The molecule has 1 fully saturated rings. The lowest BCUT2D eigenvalue weighted by molar-refractivity contribution is -1.02. The Labute approximate surface area is 182 Å². The lowest BCUT2D eigenvalue weighted by atomic mass is 10.1. The van der Waals surface area contributed by atoms with Gasteiger partial charge >= 0.3 is 0 Å². The number of amides is 1. The summed E-state index contributed by atoms with van der Waals surface area (Å²) in [5.41, 5.74) is 2.95. The summed E-state index contributed by atoms with van der Waals surface area (Å²) in [7, 11) is 0. The maximum Gasteiger partial charge on any atom is 0.279 e. The van der Waals surface area contributed by atoms with E-state index in [0.29, 0.717) is 24.9 Å². The number of carbonyl (C=O) groups is 1. The molecule has 8 heteroatoms. The number of aromatic nitrogens is 2. The van der Waals surface area contributed by atoms with Crippen LogP contribution < -0.4 is 15.1 Å². The first-order valence-corrected chi connectivity index (χ1v) is 11.0. The van der Waals surface area contributed by atoms with Gasteiger partial charge in [0.25, 0.3) is 17.7 Å². The number of para-hydroxylation sites is 1. The van der Waals surface area contributed by atoms with Gasteiger partial charge in [-0.1, -0.05) is 25.1 Å². The highest BCUT2D eigenvalue weighted by atomic mass is 16.4. The number of benzene rings is 1. The van der Waals surface area contributed by atoms with Crippen molar-refractivity contribution in [1.29, 1.82) is 0 Å². The maximum absolute atomic E-state index is 12.5. The third-order valence-electron chi connectivity index (χ3n) is 5.89. The molecule has 3 heterocycles. The minimum atomic E-state index is 0.0756. The molecule has 3 aromatic rings. The molecule has 1 amide bonds. The monoisotopic (exact) mass is 425 g/mol. The average Bonchev–Trinajstić information content (AvgIpc) is 3.35. The van der Waals surface area contributed by atoms with Crippen molar-refractivity contribution in [1.82, 2.24) is 10.2 Å². The molecule has 1 aromatic carbocycles. The summed E-state index contributed by atoms with van der Waals surface area (Å²) in [5, 5.41) is 11.5. The van der Waals surface area contributed by atoms with Crippen LogP contribution >= 0.6 is 0 Å². The summed E-state index contributed by atoms with van der Waals surface area (Å²) in [5.74, 6) is 2.85. The number of piperazine rings is 1. The lowest BCUT2D eigenvalue weighted by Gasteiger charge is -2.28. The highest BCUT2D eigenvalue weighted by Gasteiger charge is 2.27. The number of hydrogen-bond acceptors (Lipinski definition) is 5. The van der Waals surface area contributed by atoms with Crippen LogP contribution in [-0.4, -0.2) is 48.8 Å². The molecule has 0 bridgehead atoms. The van der Waals surface area contributed by atoms with E-state index in [9.17, 15) is 4.79 Å². The Morgan fingerprint density at radius 3 is 2.52 bits per heavy atom. The third-order valence-corrected chi connectivity index (χ3v) is 5.89. The van der Waals surface area contributed by atoms with E-state index >= 15 is 0 Å². The number of hydrogen-bond donors (Lipinski definition) is 3. The SMILES string of the molecule is CCc1ccccc1NC(=O)C[NH+]1CC[NH+](Cc2nnc(-c3cc(C)oc3C)o2)CC1. The predicted molar refractivity (Wildman–Crippen MR) is 116 cm³/mol. The predicted octanol–water partition coefficient (Wildman–Crippen LogP) is 0.431. The normalized spacial score (nSPS) is 18.8. The fraction of sp³-hybridized carbons (Fsp3) is 0.435. The second-order valence-electron chi connectivity index (χ2n) is 8.24. The highest BCUT2D eigenvalue weighted by molar-refractivity contribution is 5.92. The lowest BCUT2D eigenvalue weighted by Crippen LogP contribution is -3.28.